The lowest BCUT2D eigenvalue weighted by Gasteiger charge is -2.22. The van der Waals surface area contributed by atoms with Gasteiger partial charge in [0, 0.05) is 12.2 Å². The number of anilines is 1. The average molecular weight is 329 g/mol. The number of amides is 2. The Morgan fingerprint density at radius 2 is 1.83 bits per heavy atom. The zero-order valence-electron chi connectivity index (χ0n) is 12.8. The number of benzene rings is 2. The average Bonchev–Trinajstić information content (AvgIpc) is 2.98. The molecule has 118 valence electrons. The standard InChI is InChI=1S/C18H17ClN2O2/c1-12(20-17(22)14-7-3-4-8-15(14)19)18(23)21-11-10-13-6-2-5-9-16(13)21/h2-9,12H,10-11H2,1H3,(H,20,22). The Kier molecular flexibility index (Phi) is 4.35. The quantitative estimate of drug-likeness (QED) is 0.941. The summed E-state index contributed by atoms with van der Waals surface area (Å²) in [6, 6.07) is 14.0. The zero-order chi connectivity index (χ0) is 16.4. The largest absolute Gasteiger partial charge is 0.340 e. The molecule has 1 atom stereocenters. The van der Waals surface area contributed by atoms with Gasteiger partial charge in [0.15, 0.2) is 0 Å². The summed E-state index contributed by atoms with van der Waals surface area (Å²) in [7, 11) is 0. The van der Waals surface area contributed by atoms with Gasteiger partial charge in [-0.25, -0.2) is 0 Å². The van der Waals surface area contributed by atoms with Crippen LogP contribution in [0.4, 0.5) is 5.69 Å². The molecule has 2 aromatic rings. The smallest absolute Gasteiger partial charge is 0.253 e. The van der Waals surface area contributed by atoms with Gasteiger partial charge in [-0.15, -0.1) is 0 Å². The Morgan fingerprint density at radius 1 is 1.13 bits per heavy atom. The van der Waals surface area contributed by atoms with Crippen LogP contribution in [0.3, 0.4) is 0 Å². The van der Waals surface area contributed by atoms with E-state index in [4.69, 9.17) is 11.6 Å². The van der Waals surface area contributed by atoms with E-state index in [0.29, 0.717) is 17.1 Å². The molecule has 1 unspecified atom stereocenters. The third-order valence-electron chi connectivity index (χ3n) is 3.99. The Labute approximate surface area is 140 Å². The summed E-state index contributed by atoms with van der Waals surface area (Å²) in [4.78, 5) is 26.6. The van der Waals surface area contributed by atoms with E-state index in [1.165, 1.54) is 0 Å². The van der Waals surface area contributed by atoms with Crippen LogP contribution in [0.2, 0.25) is 5.02 Å². The molecule has 0 saturated carbocycles. The Bertz CT molecular complexity index is 760. The van der Waals surface area contributed by atoms with Crippen LogP contribution in [0.25, 0.3) is 0 Å². The van der Waals surface area contributed by atoms with Crippen LogP contribution >= 0.6 is 11.6 Å². The SMILES string of the molecule is CC(NC(=O)c1ccccc1Cl)C(=O)N1CCc2ccccc21. The molecule has 1 aliphatic heterocycles. The van der Waals surface area contributed by atoms with E-state index in [1.807, 2.05) is 24.3 Å². The minimum Gasteiger partial charge on any atom is -0.340 e. The fraction of sp³-hybridized carbons (Fsp3) is 0.222. The van der Waals surface area contributed by atoms with Gasteiger partial charge in [0.2, 0.25) is 5.91 Å². The van der Waals surface area contributed by atoms with Gasteiger partial charge in [0.05, 0.1) is 10.6 Å². The molecule has 0 spiro atoms. The molecule has 4 nitrogen and oxygen atoms in total. The van der Waals surface area contributed by atoms with Crippen molar-refractivity contribution in [3.63, 3.8) is 0 Å². The molecule has 2 aromatic carbocycles. The summed E-state index contributed by atoms with van der Waals surface area (Å²) in [6.45, 7) is 2.34. The molecule has 0 aliphatic carbocycles. The maximum absolute atomic E-state index is 12.6. The second kappa shape index (κ2) is 6.42. The summed E-state index contributed by atoms with van der Waals surface area (Å²) in [5, 5.41) is 3.10. The first-order valence-electron chi connectivity index (χ1n) is 7.52. The highest BCUT2D eigenvalue weighted by atomic mass is 35.5. The van der Waals surface area contributed by atoms with Gasteiger partial charge >= 0.3 is 0 Å². The highest BCUT2D eigenvalue weighted by molar-refractivity contribution is 6.33. The predicted molar refractivity (Wildman–Crippen MR) is 90.9 cm³/mol. The lowest BCUT2D eigenvalue weighted by molar-refractivity contribution is -0.119. The fourth-order valence-corrected chi connectivity index (χ4v) is 3.00. The number of hydrogen-bond acceptors (Lipinski definition) is 2. The minimum atomic E-state index is -0.620. The number of nitrogens with one attached hydrogen (secondary N) is 1. The normalized spacial score (nSPS) is 14.3. The molecule has 0 bridgehead atoms. The number of halogens is 1. The Balaban J connectivity index is 1.72. The van der Waals surface area contributed by atoms with Crippen molar-refractivity contribution in [3.05, 3.63) is 64.7 Å². The molecule has 0 radical (unpaired) electrons. The molecule has 2 amide bonds. The van der Waals surface area contributed by atoms with Crippen LogP contribution in [0.1, 0.15) is 22.8 Å². The molecular weight excluding hydrogens is 312 g/mol. The highest BCUT2D eigenvalue weighted by Gasteiger charge is 2.28. The molecule has 5 heteroatoms. The molecular formula is C18H17ClN2O2. The summed E-state index contributed by atoms with van der Waals surface area (Å²) in [6.07, 6.45) is 0.840. The summed E-state index contributed by atoms with van der Waals surface area (Å²) in [5.74, 6) is -0.459. The second-order valence-corrected chi connectivity index (χ2v) is 5.95. The van der Waals surface area contributed by atoms with Crippen molar-refractivity contribution in [1.82, 2.24) is 5.32 Å². The second-order valence-electron chi connectivity index (χ2n) is 5.54. The lowest BCUT2D eigenvalue weighted by atomic mass is 10.1. The number of nitrogens with zero attached hydrogens (tertiary/aromatic N) is 1. The van der Waals surface area contributed by atoms with Gasteiger partial charge in [-0.3, -0.25) is 9.59 Å². The van der Waals surface area contributed by atoms with Gasteiger partial charge in [0.1, 0.15) is 6.04 Å². The van der Waals surface area contributed by atoms with E-state index in [0.717, 1.165) is 17.7 Å². The summed E-state index contributed by atoms with van der Waals surface area (Å²) in [5.41, 5.74) is 2.46. The molecule has 1 aliphatic rings. The van der Waals surface area contributed by atoms with E-state index >= 15 is 0 Å². The van der Waals surface area contributed by atoms with E-state index in [2.05, 4.69) is 5.32 Å². The van der Waals surface area contributed by atoms with Crippen molar-refractivity contribution in [2.24, 2.45) is 0 Å². The highest BCUT2D eigenvalue weighted by Crippen LogP contribution is 2.27. The van der Waals surface area contributed by atoms with Crippen LogP contribution < -0.4 is 10.2 Å². The first kappa shape index (κ1) is 15.6. The van der Waals surface area contributed by atoms with E-state index < -0.39 is 6.04 Å². The van der Waals surface area contributed by atoms with Crippen molar-refractivity contribution >= 4 is 29.1 Å². The number of carbonyl (C=O) groups excluding carboxylic acids is 2. The summed E-state index contributed by atoms with van der Waals surface area (Å²) < 4.78 is 0. The predicted octanol–water partition coefficient (Wildman–Crippen LogP) is 3.05. The number of fused-ring (bicyclic) bond motifs is 1. The molecule has 0 saturated heterocycles. The van der Waals surface area contributed by atoms with Crippen molar-refractivity contribution in [2.45, 2.75) is 19.4 Å². The van der Waals surface area contributed by atoms with Crippen LogP contribution in [-0.2, 0) is 11.2 Å². The van der Waals surface area contributed by atoms with Gasteiger partial charge < -0.3 is 10.2 Å². The third kappa shape index (κ3) is 3.08. The third-order valence-corrected chi connectivity index (χ3v) is 4.32. The van der Waals surface area contributed by atoms with E-state index in [1.54, 1.807) is 36.1 Å². The Hall–Kier alpha value is -2.33. The number of hydrogen-bond donors (Lipinski definition) is 1. The van der Waals surface area contributed by atoms with Crippen molar-refractivity contribution < 1.29 is 9.59 Å². The van der Waals surface area contributed by atoms with Crippen LogP contribution in [0.5, 0.6) is 0 Å². The van der Waals surface area contributed by atoms with Crippen molar-refractivity contribution in [1.29, 1.82) is 0 Å². The molecule has 1 N–H and O–H groups in total. The minimum absolute atomic E-state index is 0.115. The monoisotopic (exact) mass is 328 g/mol. The molecule has 1 heterocycles. The van der Waals surface area contributed by atoms with Crippen LogP contribution in [-0.4, -0.2) is 24.4 Å². The zero-order valence-corrected chi connectivity index (χ0v) is 13.5. The lowest BCUT2D eigenvalue weighted by Crippen LogP contribution is -2.46. The maximum atomic E-state index is 12.6. The fourth-order valence-electron chi connectivity index (χ4n) is 2.78. The topological polar surface area (TPSA) is 49.4 Å². The summed E-state index contributed by atoms with van der Waals surface area (Å²) >= 11 is 6.02. The first-order valence-corrected chi connectivity index (χ1v) is 7.90. The molecule has 3 rings (SSSR count). The van der Waals surface area contributed by atoms with Gasteiger partial charge in [-0.05, 0) is 37.1 Å². The van der Waals surface area contributed by atoms with Gasteiger partial charge in [0.25, 0.3) is 5.91 Å². The molecule has 23 heavy (non-hydrogen) atoms. The molecule has 0 aromatic heterocycles. The number of carbonyl (C=O) groups is 2. The van der Waals surface area contributed by atoms with Crippen molar-refractivity contribution in [3.8, 4) is 0 Å². The van der Waals surface area contributed by atoms with Crippen LogP contribution in [0, 0.1) is 0 Å². The number of rotatable bonds is 3. The van der Waals surface area contributed by atoms with Crippen molar-refractivity contribution in [2.75, 3.05) is 11.4 Å². The number of para-hydroxylation sites is 1. The van der Waals surface area contributed by atoms with E-state index in [-0.39, 0.29) is 11.8 Å². The Morgan fingerprint density at radius 3 is 2.61 bits per heavy atom. The van der Waals surface area contributed by atoms with Gasteiger partial charge in [-0.2, -0.15) is 0 Å². The molecule has 0 fully saturated rings. The van der Waals surface area contributed by atoms with Crippen LogP contribution in [0.15, 0.2) is 48.5 Å². The maximum Gasteiger partial charge on any atom is 0.253 e. The first-order chi connectivity index (χ1) is 11.1. The van der Waals surface area contributed by atoms with E-state index in [9.17, 15) is 9.59 Å². The van der Waals surface area contributed by atoms with Gasteiger partial charge in [-0.1, -0.05) is 41.9 Å².